The van der Waals surface area contributed by atoms with Crippen LogP contribution in [0.25, 0.3) is 0 Å². The van der Waals surface area contributed by atoms with Crippen LogP contribution in [0.2, 0.25) is 0 Å². The van der Waals surface area contributed by atoms with Crippen LogP contribution in [-0.4, -0.2) is 65.4 Å². The lowest BCUT2D eigenvalue weighted by molar-refractivity contribution is 0.0607. The molecular formula is C16H27N5O. The smallest absolute Gasteiger partial charge is 0.257 e. The van der Waals surface area contributed by atoms with Crippen LogP contribution >= 0.6 is 0 Å². The van der Waals surface area contributed by atoms with Gasteiger partial charge < -0.3 is 15.1 Å². The topological polar surface area (TPSA) is 61.4 Å². The summed E-state index contributed by atoms with van der Waals surface area (Å²) in [5, 5.41) is 3.15. The van der Waals surface area contributed by atoms with Crippen LogP contribution in [0.1, 0.15) is 43.0 Å². The third-order valence-corrected chi connectivity index (χ3v) is 4.10. The summed E-state index contributed by atoms with van der Waals surface area (Å²) in [7, 11) is 4.04. The van der Waals surface area contributed by atoms with Gasteiger partial charge in [0, 0.05) is 38.1 Å². The molecule has 6 heteroatoms. The van der Waals surface area contributed by atoms with Crippen molar-refractivity contribution in [3.63, 3.8) is 0 Å². The maximum absolute atomic E-state index is 12.6. The molecule has 0 spiro atoms. The average Bonchev–Trinajstić information content (AvgIpc) is 2.54. The first-order valence-corrected chi connectivity index (χ1v) is 8.13. The number of aromatic nitrogens is 2. The SMILES string of the molecule is CCC1CCCCN1C(=O)c1cnc(NCCN(C)C)nc1. The second-order valence-electron chi connectivity index (χ2n) is 6.08. The minimum absolute atomic E-state index is 0.0615. The minimum atomic E-state index is 0.0615. The van der Waals surface area contributed by atoms with Crippen molar-refractivity contribution in [2.24, 2.45) is 0 Å². The Morgan fingerprint density at radius 3 is 2.73 bits per heavy atom. The summed E-state index contributed by atoms with van der Waals surface area (Å²) >= 11 is 0. The number of rotatable bonds is 6. The Morgan fingerprint density at radius 1 is 1.36 bits per heavy atom. The molecule has 1 atom stereocenters. The Morgan fingerprint density at radius 2 is 2.09 bits per heavy atom. The van der Waals surface area contributed by atoms with Gasteiger partial charge in [0.1, 0.15) is 0 Å². The van der Waals surface area contributed by atoms with E-state index in [4.69, 9.17) is 0 Å². The van der Waals surface area contributed by atoms with E-state index in [9.17, 15) is 4.79 Å². The van der Waals surface area contributed by atoms with Crippen molar-refractivity contribution >= 4 is 11.9 Å². The van der Waals surface area contributed by atoms with E-state index < -0.39 is 0 Å². The molecule has 6 nitrogen and oxygen atoms in total. The van der Waals surface area contributed by atoms with E-state index in [0.29, 0.717) is 17.6 Å². The molecule has 0 saturated carbocycles. The molecule has 1 amide bonds. The van der Waals surface area contributed by atoms with Gasteiger partial charge in [-0.3, -0.25) is 4.79 Å². The van der Waals surface area contributed by atoms with Crippen LogP contribution in [0.4, 0.5) is 5.95 Å². The molecule has 2 heterocycles. The number of amides is 1. The summed E-state index contributed by atoms with van der Waals surface area (Å²) in [5.41, 5.74) is 0.582. The standard InChI is InChI=1S/C16H27N5O/c1-4-14-7-5-6-9-21(14)15(22)13-11-18-16(19-12-13)17-8-10-20(2)3/h11-12,14H,4-10H2,1-3H3,(H,17,18,19). The third-order valence-electron chi connectivity index (χ3n) is 4.10. The fourth-order valence-corrected chi connectivity index (χ4v) is 2.78. The molecule has 1 aromatic heterocycles. The predicted molar refractivity (Wildman–Crippen MR) is 88.0 cm³/mol. The minimum Gasteiger partial charge on any atom is -0.353 e. The van der Waals surface area contributed by atoms with Gasteiger partial charge in [-0.2, -0.15) is 0 Å². The molecule has 1 saturated heterocycles. The van der Waals surface area contributed by atoms with Crippen LogP contribution in [0.15, 0.2) is 12.4 Å². The first-order valence-electron chi connectivity index (χ1n) is 8.13. The Hall–Kier alpha value is -1.69. The van der Waals surface area contributed by atoms with Gasteiger partial charge in [-0.15, -0.1) is 0 Å². The summed E-state index contributed by atoms with van der Waals surface area (Å²) < 4.78 is 0. The highest BCUT2D eigenvalue weighted by atomic mass is 16.2. The predicted octanol–water partition coefficient (Wildman–Crippen LogP) is 1.85. The molecule has 0 bridgehead atoms. The zero-order chi connectivity index (χ0) is 15.9. The van der Waals surface area contributed by atoms with E-state index in [-0.39, 0.29) is 5.91 Å². The average molecular weight is 305 g/mol. The maximum atomic E-state index is 12.6. The number of nitrogens with one attached hydrogen (secondary N) is 1. The Labute approximate surface area is 132 Å². The highest BCUT2D eigenvalue weighted by Crippen LogP contribution is 2.21. The highest BCUT2D eigenvalue weighted by molar-refractivity contribution is 5.94. The number of likely N-dealkylation sites (N-methyl/N-ethyl adjacent to an activating group) is 1. The molecular weight excluding hydrogens is 278 g/mol. The van der Waals surface area contributed by atoms with Crippen LogP contribution in [0.5, 0.6) is 0 Å². The molecule has 0 radical (unpaired) electrons. The van der Waals surface area contributed by atoms with Gasteiger partial charge in [-0.05, 0) is 39.8 Å². The second-order valence-corrected chi connectivity index (χ2v) is 6.08. The van der Waals surface area contributed by atoms with Gasteiger partial charge >= 0.3 is 0 Å². The van der Waals surface area contributed by atoms with Crippen LogP contribution in [-0.2, 0) is 0 Å². The number of hydrogen-bond donors (Lipinski definition) is 1. The molecule has 0 aliphatic carbocycles. The number of likely N-dealkylation sites (tertiary alicyclic amines) is 1. The molecule has 1 unspecified atom stereocenters. The van der Waals surface area contributed by atoms with Gasteiger partial charge in [-0.25, -0.2) is 9.97 Å². The molecule has 22 heavy (non-hydrogen) atoms. The molecule has 1 fully saturated rings. The summed E-state index contributed by atoms with van der Waals surface area (Å²) in [4.78, 5) is 25.2. The normalized spacial score (nSPS) is 18.5. The third kappa shape index (κ3) is 4.40. The van der Waals surface area contributed by atoms with Crippen molar-refractivity contribution < 1.29 is 4.79 Å². The summed E-state index contributed by atoms with van der Waals surface area (Å²) in [5.74, 6) is 0.635. The summed E-state index contributed by atoms with van der Waals surface area (Å²) in [6, 6.07) is 0.360. The van der Waals surface area contributed by atoms with Crippen molar-refractivity contribution in [3.05, 3.63) is 18.0 Å². The van der Waals surface area contributed by atoms with Gasteiger partial charge in [0.2, 0.25) is 5.95 Å². The number of carbonyl (C=O) groups is 1. The van der Waals surface area contributed by atoms with Crippen molar-refractivity contribution in [1.29, 1.82) is 0 Å². The summed E-state index contributed by atoms with van der Waals surface area (Å²) in [6.45, 7) is 4.69. The zero-order valence-corrected chi connectivity index (χ0v) is 13.9. The second kappa shape index (κ2) is 8.08. The van der Waals surface area contributed by atoms with E-state index in [0.717, 1.165) is 38.9 Å². The number of nitrogens with zero attached hydrogens (tertiary/aromatic N) is 4. The number of hydrogen-bond acceptors (Lipinski definition) is 5. The number of carbonyl (C=O) groups excluding carboxylic acids is 1. The molecule has 0 aromatic carbocycles. The van der Waals surface area contributed by atoms with E-state index in [1.807, 2.05) is 19.0 Å². The van der Waals surface area contributed by atoms with E-state index in [2.05, 4.69) is 27.1 Å². The lowest BCUT2D eigenvalue weighted by atomic mass is 9.99. The van der Waals surface area contributed by atoms with Gasteiger partial charge in [0.25, 0.3) is 5.91 Å². The van der Waals surface area contributed by atoms with Crippen molar-refractivity contribution in [1.82, 2.24) is 19.8 Å². The maximum Gasteiger partial charge on any atom is 0.257 e. The molecule has 1 aliphatic rings. The first-order chi connectivity index (χ1) is 10.6. The zero-order valence-electron chi connectivity index (χ0n) is 13.9. The van der Waals surface area contributed by atoms with E-state index in [1.54, 1.807) is 12.4 Å². The molecule has 1 aliphatic heterocycles. The van der Waals surface area contributed by atoms with Crippen molar-refractivity contribution in [3.8, 4) is 0 Å². The van der Waals surface area contributed by atoms with Gasteiger partial charge in [0.05, 0.1) is 5.56 Å². The molecule has 1 aromatic rings. The Bertz CT molecular complexity index is 474. The summed E-state index contributed by atoms with van der Waals surface area (Å²) in [6.07, 6.45) is 7.69. The highest BCUT2D eigenvalue weighted by Gasteiger charge is 2.26. The fraction of sp³-hybridized carbons (Fsp3) is 0.688. The van der Waals surface area contributed by atoms with Crippen LogP contribution < -0.4 is 5.32 Å². The van der Waals surface area contributed by atoms with Gasteiger partial charge in [-0.1, -0.05) is 6.92 Å². The van der Waals surface area contributed by atoms with E-state index >= 15 is 0 Å². The van der Waals surface area contributed by atoms with Crippen LogP contribution in [0.3, 0.4) is 0 Å². The first kappa shape index (κ1) is 16.7. The monoisotopic (exact) mass is 305 g/mol. The van der Waals surface area contributed by atoms with Crippen molar-refractivity contribution in [2.45, 2.75) is 38.6 Å². The molecule has 122 valence electrons. The number of piperidine rings is 1. The van der Waals surface area contributed by atoms with E-state index in [1.165, 1.54) is 6.42 Å². The number of anilines is 1. The molecule has 1 N–H and O–H groups in total. The fourth-order valence-electron chi connectivity index (χ4n) is 2.78. The quantitative estimate of drug-likeness (QED) is 0.869. The van der Waals surface area contributed by atoms with Gasteiger partial charge in [0.15, 0.2) is 0 Å². The largest absolute Gasteiger partial charge is 0.353 e. The lowest BCUT2D eigenvalue weighted by Crippen LogP contribution is -2.43. The molecule has 2 rings (SSSR count). The Balaban J connectivity index is 1.95. The Kier molecular flexibility index (Phi) is 6.12. The van der Waals surface area contributed by atoms with Crippen molar-refractivity contribution in [2.75, 3.05) is 39.0 Å². The lowest BCUT2D eigenvalue weighted by Gasteiger charge is -2.35. The van der Waals surface area contributed by atoms with Crippen LogP contribution in [0, 0.1) is 0 Å².